The van der Waals surface area contributed by atoms with E-state index in [0.717, 1.165) is 24.0 Å². The lowest BCUT2D eigenvalue weighted by Crippen LogP contribution is -2.39. The number of carbonyl (C=O) groups is 1. The maximum Gasteiger partial charge on any atom is 0.309 e. The van der Waals surface area contributed by atoms with E-state index in [9.17, 15) is 4.79 Å². The normalized spacial score (nSPS) is 22.5. The molecule has 0 aromatic heterocycles. The molecule has 0 amide bonds. The van der Waals surface area contributed by atoms with Crippen molar-refractivity contribution in [1.29, 1.82) is 0 Å². The molecule has 1 aliphatic carbocycles. The zero-order valence-electron chi connectivity index (χ0n) is 12.0. The number of hydrogen-bond acceptors (Lipinski definition) is 4. The first-order chi connectivity index (χ1) is 9.70. The molecule has 1 fully saturated rings. The van der Waals surface area contributed by atoms with Crippen molar-refractivity contribution in [2.24, 2.45) is 5.73 Å². The van der Waals surface area contributed by atoms with Crippen molar-refractivity contribution < 1.29 is 14.3 Å². The minimum absolute atomic E-state index is 0.134. The minimum atomic E-state index is -0.230. The summed E-state index contributed by atoms with van der Waals surface area (Å²) in [6.45, 7) is 0.505. The molecule has 2 atom stereocenters. The Morgan fingerprint density at radius 3 is 2.65 bits per heavy atom. The zero-order chi connectivity index (χ0) is 14.4. The molecule has 0 radical (unpaired) electrons. The van der Waals surface area contributed by atoms with Gasteiger partial charge in [0.05, 0.1) is 26.2 Å². The predicted octanol–water partition coefficient (Wildman–Crippen LogP) is 2.19. The van der Waals surface area contributed by atoms with Crippen LogP contribution in [0.25, 0.3) is 0 Å². The lowest BCUT2D eigenvalue weighted by molar-refractivity contribution is -0.139. The maximum atomic E-state index is 11.4. The van der Waals surface area contributed by atoms with Crippen molar-refractivity contribution in [3.63, 3.8) is 0 Å². The Hall–Kier alpha value is -1.39. The molecule has 1 aromatic carbocycles. The molecule has 1 aromatic rings. The van der Waals surface area contributed by atoms with Crippen molar-refractivity contribution in [2.75, 3.05) is 7.11 Å². The van der Waals surface area contributed by atoms with Gasteiger partial charge < -0.3 is 15.2 Å². The molecule has 2 N–H and O–H groups in total. The molecule has 2 unspecified atom stereocenters. The van der Waals surface area contributed by atoms with Crippen LogP contribution in [0.1, 0.15) is 36.8 Å². The second-order valence-electron chi connectivity index (χ2n) is 5.32. The molecule has 0 spiro atoms. The first kappa shape index (κ1) is 15.0. The van der Waals surface area contributed by atoms with Crippen LogP contribution in [0.3, 0.4) is 0 Å². The lowest BCUT2D eigenvalue weighted by Gasteiger charge is -2.28. The highest BCUT2D eigenvalue weighted by Gasteiger charge is 2.22. The van der Waals surface area contributed by atoms with Gasteiger partial charge in [0, 0.05) is 6.04 Å². The SMILES string of the molecule is COC(=O)Cc1ccccc1COC1CCCCC1N. The topological polar surface area (TPSA) is 61.5 Å². The number of esters is 1. The van der Waals surface area contributed by atoms with Crippen LogP contribution in [-0.2, 0) is 27.3 Å². The quantitative estimate of drug-likeness (QED) is 0.838. The number of hydrogen-bond donors (Lipinski definition) is 1. The first-order valence-electron chi connectivity index (χ1n) is 7.21. The Morgan fingerprint density at radius 1 is 1.25 bits per heavy atom. The van der Waals surface area contributed by atoms with Gasteiger partial charge in [-0.05, 0) is 24.0 Å². The summed E-state index contributed by atoms with van der Waals surface area (Å²) in [4.78, 5) is 11.4. The third-order valence-corrected chi connectivity index (χ3v) is 3.89. The fourth-order valence-electron chi connectivity index (χ4n) is 2.63. The highest BCUT2D eigenvalue weighted by molar-refractivity contribution is 5.72. The zero-order valence-corrected chi connectivity index (χ0v) is 12.0. The fourth-order valence-corrected chi connectivity index (χ4v) is 2.63. The summed E-state index contributed by atoms with van der Waals surface area (Å²) in [5.74, 6) is -0.230. The Kier molecular flexibility index (Phi) is 5.56. The summed E-state index contributed by atoms with van der Waals surface area (Å²) in [6, 6.07) is 7.95. The number of carbonyl (C=O) groups excluding carboxylic acids is 1. The molecular formula is C16H23NO3. The van der Waals surface area contributed by atoms with Gasteiger partial charge in [0.25, 0.3) is 0 Å². The minimum Gasteiger partial charge on any atom is -0.469 e. The summed E-state index contributed by atoms with van der Waals surface area (Å²) in [5, 5.41) is 0. The van der Waals surface area contributed by atoms with Crippen LogP contribution in [0.5, 0.6) is 0 Å². The Morgan fingerprint density at radius 2 is 1.95 bits per heavy atom. The monoisotopic (exact) mass is 277 g/mol. The molecular weight excluding hydrogens is 254 g/mol. The number of nitrogens with two attached hydrogens (primary N) is 1. The highest BCUT2D eigenvalue weighted by atomic mass is 16.5. The molecule has 0 saturated heterocycles. The molecule has 110 valence electrons. The molecule has 2 rings (SSSR count). The lowest BCUT2D eigenvalue weighted by atomic mass is 9.93. The van der Waals surface area contributed by atoms with Crippen molar-refractivity contribution in [3.8, 4) is 0 Å². The van der Waals surface area contributed by atoms with E-state index in [2.05, 4.69) is 0 Å². The molecule has 4 heteroatoms. The number of benzene rings is 1. The maximum absolute atomic E-state index is 11.4. The van der Waals surface area contributed by atoms with E-state index in [4.69, 9.17) is 15.2 Å². The van der Waals surface area contributed by atoms with Gasteiger partial charge in [0.15, 0.2) is 0 Å². The fraction of sp³-hybridized carbons (Fsp3) is 0.562. The third-order valence-electron chi connectivity index (χ3n) is 3.89. The summed E-state index contributed by atoms with van der Waals surface area (Å²) >= 11 is 0. The Balaban J connectivity index is 1.96. The third kappa shape index (κ3) is 4.05. The smallest absolute Gasteiger partial charge is 0.309 e. The standard InChI is InChI=1S/C16H23NO3/c1-19-16(18)10-12-6-2-3-7-13(12)11-20-15-9-5-4-8-14(15)17/h2-3,6-7,14-15H,4-5,8-11,17H2,1H3. The van der Waals surface area contributed by atoms with Crippen LogP contribution in [0, 0.1) is 0 Å². The van der Waals surface area contributed by atoms with Gasteiger partial charge in [-0.15, -0.1) is 0 Å². The van der Waals surface area contributed by atoms with Crippen LogP contribution < -0.4 is 5.73 Å². The molecule has 1 aliphatic rings. The average molecular weight is 277 g/mol. The number of ether oxygens (including phenoxy) is 2. The molecule has 0 heterocycles. The summed E-state index contributed by atoms with van der Waals surface area (Å²) in [6.07, 6.45) is 4.86. The van der Waals surface area contributed by atoms with Gasteiger partial charge in [-0.1, -0.05) is 37.1 Å². The van der Waals surface area contributed by atoms with Crippen LogP contribution in [0.15, 0.2) is 24.3 Å². The van der Waals surface area contributed by atoms with Crippen LogP contribution >= 0.6 is 0 Å². The van der Waals surface area contributed by atoms with Crippen molar-refractivity contribution in [1.82, 2.24) is 0 Å². The average Bonchev–Trinajstić information content (AvgIpc) is 2.47. The van der Waals surface area contributed by atoms with E-state index < -0.39 is 0 Å². The molecule has 0 bridgehead atoms. The summed E-state index contributed by atoms with van der Waals surface area (Å²) in [7, 11) is 1.41. The number of rotatable bonds is 5. The van der Waals surface area contributed by atoms with Crippen LogP contribution in [0.2, 0.25) is 0 Å². The highest BCUT2D eigenvalue weighted by Crippen LogP contribution is 2.21. The van der Waals surface area contributed by atoms with E-state index >= 15 is 0 Å². The van der Waals surface area contributed by atoms with E-state index in [-0.39, 0.29) is 24.5 Å². The van der Waals surface area contributed by atoms with Gasteiger partial charge in [-0.3, -0.25) is 4.79 Å². The van der Waals surface area contributed by atoms with Gasteiger partial charge in [0.1, 0.15) is 0 Å². The number of methoxy groups -OCH3 is 1. The first-order valence-corrected chi connectivity index (χ1v) is 7.21. The second-order valence-corrected chi connectivity index (χ2v) is 5.32. The van der Waals surface area contributed by atoms with Crippen molar-refractivity contribution in [3.05, 3.63) is 35.4 Å². The van der Waals surface area contributed by atoms with Crippen molar-refractivity contribution >= 4 is 5.97 Å². The van der Waals surface area contributed by atoms with Gasteiger partial charge >= 0.3 is 5.97 Å². The van der Waals surface area contributed by atoms with Crippen LogP contribution in [-0.4, -0.2) is 25.2 Å². The Bertz CT molecular complexity index is 447. The molecule has 1 saturated carbocycles. The summed E-state index contributed by atoms with van der Waals surface area (Å²) in [5.41, 5.74) is 8.08. The second kappa shape index (κ2) is 7.41. The summed E-state index contributed by atoms with van der Waals surface area (Å²) < 4.78 is 10.7. The van der Waals surface area contributed by atoms with E-state index in [0.29, 0.717) is 6.61 Å². The largest absolute Gasteiger partial charge is 0.469 e. The Labute approximate surface area is 120 Å². The van der Waals surface area contributed by atoms with Crippen molar-refractivity contribution in [2.45, 2.75) is 50.9 Å². The molecule has 20 heavy (non-hydrogen) atoms. The van der Waals surface area contributed by atoms with Gasteiger partial charge in [0.2, 0.25) is 0 Å². The predicted molar refractivity (Wildman–Crippen MR) is 77.2 cm³/mol. The van der Waals surface area contributed by atoms with Gasteiger partial charge in [-0.25, -0.2) is 0 Å². The van der Waals surface area contributed by atoms with E-state index in [1.54, 1.807) is 0 Å². The van der Waals surface area contributed by atoms with E-state index in [1.165, 1.54) is 20.0 Å². The molecule has 0 aliphatic heterocycles. The molecule has 4 nitrogen and oxygen atoms in total. The van der Waals surface area contributed by atoms with Crippen LogP contribution in [0.4, 0.5) is 0 Å². The van der Waals surface area contributed by atoms with Gasteiger partial charge in [-0.2, -0.15) is 0 Å². The van der Waals surface area contributed by atoms with E-state index in [1.807, 2.05) is 24.3 Å².